The van der Waals surface area contributed by atoms with Gasteiger partial charge in [-0.15, -0.1) is 12.6 Å². The van der Waals surface area contributed by atoms with Crippen LogP contribution in [0.1, 0.15) is 36.0 Å². The number of phenols is 1. The second kappa shape index (κ2) is 10.4. The average Bonchev–Trinajstić information content (AvgIpc) is 2.68. The molecule has 1 saturated carbocycles. The van der Waals surface area contributed by atoms with Gasteiger partial charge in [0.15, 0.2) is 0 Å². The van der Waals surface area contributed by atoms with Gasteiger partial charge in [0, 0.05) is 10.9 Å². The van der Waals surface area contributed by atoms with Gasteiger partial charge in [-0.1, -0.05) is 53.0 Å². The number of carboxylic acid groups (broad SMARTS) is 1. The van der Waals surface area contributed by atoms with Crippen molar-refractivity contribution in [2.75, 3.05) is 6.54 Å². The Bertz CT molecular complexity index is 817. The molecule has 1 aliphatic carbocycles. The molecule has 2 aromatic carbocycles. The maximum Gasteiger partial charge on any atom is 1.00 e. The molecule has 0 bridgehead atoms. The number of alkyl halides is 1. The van der Waals surface area contributed by atoms with Gasteiger partial charge >= 0.3 is 23.0 Å². The number of aromatic hydroxyl groups is 1. The molecule has 2 aliphatic rings. The van der Waals surface area contributed by atoms with Gasteiger partial charge in [0.2, 0.25) is 0 Å². The Morgan fingerprint density at radius 3 is 2.57 bits per heavy atom. The summed E-state index contributed by atoms with van der Waals surface area (Å²) in [4.78, 5) is 11.4. The number of hydrogen-bond donors (Lipinski definition) is 3. The third-order valence-electron chi connectivity index (χ3n) is 5.26. The molecule has 156 valence electrons. The first kappa shape index (κ1) is 23.6. The fourth-order valence-corrected chi connectivity index (χ4v) is 5.26. The second-order valence-corrected chi connectivity index (χ2v) is 8.95. The minimum Gasteiger partial charge on any atom is -0.657 e. The first-order chi connectivity index (χ1) is 12.9. The number of fused-ring (bicyclic) bond motifs is 2. The minimum atomic E-state index is -1.14. The molecule has 4 rings (SSSR count). The Hall–Kier alpha value is -0.631. The minimum absolute atomic E-state index is 0. The van der Waals surface area contributed by atoms with Crippen molar-refractivity contribution in [1.29, 1.82) is 0 Å². The zero-order valence-electron chi connectivity index (χ0n) is 15.0. The van der Waals surface area contributed by atoms with Gasteiger partial charge in [0.1, 0.15) is 11.3 Å². The van der Waals surface area contributed by atoms with Crippen LogP contribution < -0.4 is 0 Å². The molecule has 0 spiro atoms. The second-order valence-electron chi connectivity index (χ2n) is 6.98. The van der Waals surface area contributed by atoms with Crippen molar-refractivity contribution >= 4 is 48.6 Å². The molecule has 2 aromatic rings. The summed E-state index contributed by atoms with van der Waals surface area (Å²) in [6, 6.07) is 8.94. The van der Waals surface area contributed by atoms with Crippen LogP contribution in [-0.4, -0.2) is 44.8 Å². The zero-order chi connectivity index (χ0) is 19.6. The van der Waals surface area contributed by atoms with Gasteiger partial charge in [-0.05, 0) is 51.5 Å². The smallest absolute Gasteiger partial charge is 0.657 e. The van der Waals surface area contributed by atoms with Crippen LogP contribution in [0.3, 0.4) is 0 Å². The van der Waals surface area contributed by atoms with Crippen molar-refractivity contribution in [3.8, 4) is 5.75 Å². The first-order valence-electron chi connectivity index (χ1n) is 9.02. The maximum absolute atomic E-state index is 10.8. The molecule has 2 fully saturated rings. The van der Waals surface area contributed by atoms with Crippen LogP contribution in [0.2, 0.25) is 0 Å². The van der Waals surface area contributed by atoms with Crippen LogP contribution in [0.5, 0.6) is 5.75 Å². The maximum atomic E-state index is 10.8. The van der Waals surface area contributed by atoms with Crippen LogP contribution in [0.15, 0.2) is 34.8 Å². The molecule has 4 atom stereocenters. The summed E-state index contributed by atoms with van der Waals surface area (Å²) >= 11 is 6.87. The monoisotopic (exact) mass is 561 g/mol. The number of carbonyl (C=O) groups is 1. The molecule has 1 heterocycles. The van der Waals surface area contributed by atoms with Crippen LogP contribution >= 0.6 is 31.9 Å². The number of rotatable bonds is 1. The topological polar surface area (TPSA) is 91.9 Å². The van der Waals surface area contributed by atoms with Crippen LogP contribution in [0, 0.1) is 5.92 Å². The Kier molecular flexibility index (Phi) is 8.79. The van der Waals surface area contributed by atoms with E-state index < -0.39 is 5.97 Å². The van der Waals surface area contributed by atoms with Crippen molar-refractivity contribution < 1.29 is 37.2 Å². The van der Waals surface area contributed by atoms with Crippen molar-refractivity contribution in [2.45, 2.75) is 42.7 Å². The molecule has 1 saturated heterocycles. The van der Waals surface area contributed by atoms with E-state index in [2.05, 4.69) is 37.2 Å². The molecular formula is C20H22Br2CuNO4. The van der Waals surface area contributed by atoms with Gasteiger partial charge < -0.3 is 20.6 Å². The van der Waals surface area contributed by atoms with Crippen LogP contribution in [-0.2, 0) is 17.1 Å². The quantitative estimate of drug-likeness (QED) is 0.334. The summed E-state index contributed by atoms with van der Waals surface area (Å²) in [5, 5.41) is 34.3. The number of carboxylic acids is 1. The molecule has 0 amide bonds. The third kappa shape index (κ3) is 5.10. The van der Waals surface area contributed by atoms with Gasteiger partial charge in [-0.3, -0.25) is 0 Å². The number of benzene rings is 2. The summed E-state index contributed by atoms with van der Waals surface area (Å²) in [5.74, 6) is -0.775. The predicted molar refractivity (Wildman–Crippen MR) is 113 cm³/mol. The molecule has 0 aromatic heterocycles. The van der Waals surface area contributed by atoms with Crippen LogP contribution in [0.25, 0.3) is 16.1 Å². The number of hydrogen-bond acceptors (Lipinski definition) is 3. The summed E-state index contributed by atoms with van der Waals surface area (Å²) in [6.07, 6.45) is 4.30. The summed E-state index contributed by atoms with van der Waals surface area (Å²) in [7, 11) is 0. The van der Waals surface area contributed by atoms with Gasteiger partial charge in [-0.25, -0.2) is 4.79 Å². The molecule has 0 radical (unpaired) electrons. The standard InChI is InChI=1S/C11H7BrO3.C9H15BrNO.Cu/c12-9-7-4-2-1-3-6(7)5-8(10(9)13)11(14)15;10-7-3-4-8(12)9-6(7)2-1-5-11-9;/h1-5,13H,(H,14,15);6-9,12H,1-5H2;/q;-1;+1. The number of aliphatic hydroxyl groups is 1. The van der Waals surface area contributed by atoms with E-state index in [0.717, 1.165) is 30.2 Å². The fraction of sp³-hybridized carbons (Fsp3) is 0.450. The Morgan fingerprint density at radius 2 is 1.89 bits per heavy atom. The summed E-state index contributed by atoms with van der Waals surface area (Å²) < 4.78 is 0.415. The summed E-state index contributed by atoms with van der Waals surface area (Å²) in [5.41, 5.74) is -0.0967. The van der Waals surface area contributed by atoms with Gasteiger partial charge in [0.05, 0.1) is 4.47 Å². The zero-order valence-corrected chi connectivity index (χ0v) is 19.1. The number of aromatic carboxylic acids is 1. The van der Waals surface area contributed by atoms with E-state index in [0.29, 0.717) is 15.2 Å². The first-order valence-corrected chi connectivity index (χ1v) is 10.7. The van der Waals surface area contributed by atoms with E-state index in [9.17, 15) is 15.0 Å². The molecule has 28 heavy (non-hydrogen) atoms. The SMILES string of the molecule is O=C(O)c1cc2ccccc2c(Br)c1O.OC1CCC(Br)C2CCC[N-]C12.[Cu+]. The van der Waals surface area contributed by atoms with E-state index in [1.807, 2.05) is 18.2 Å². The van der Waals surface area contributed by atoms with Gasteiger partial charge in [0.25, 0.3) is 0 Å². The molecular weight excluding hydrogens is 542 g/mol. The number of aliphatic hydroxyl groups excluding tert-OH is 1. The van der Waals surface area contributed by atoms with E-state index in [4.69, 9.17) is 5.11 Å². The average molecular weight is 564 g/mol. The van der Waals surface area contributed by atoms with E-state index in [-0.39, 0.29) is 40.5 Å². The predicted octanol–water partition coefficient (Wildman–Crippen LogP) is 5.06. The molecule has 1 aliphatic heterocycles. The molecule has 5 nitrogen and oxygen atoms in total. The Balaban J connectivity index is 0.000000198. The molecule has 4 unspecified atom stereocenters. The van der Waals surface area contributed by atoms with Crippen molar-refractivity contribution in [2.24, 2.45) is 5.92 Å². The number of piperidine rings is 1. The molecule has 3 N–H and O–H groups in total. The number of halogens is 2. The number of nitrogens with zero attached hydrogens (tertiary/aromatic N) is 1. The Labute approximate surface area is 191 Å². The summed E-state index contributed by atoms with van der Waals surface area (Å²) in [6.45, 7) is 0.956. The molecule has 8 heteroatoms. The van der Waals surface area contributed by atoms with Crippen molar-refractivity contribution in [3.05, 3.63) is 45.7 Å². The fourth-order valence-electron chi connectivity index (χ4n) is 3.85. The third-order valence-corrected chi connectivity index (χ3v) is 7.20. The Morgan fingerprint density at radius 1 is 1.18 bits per heavy atom. The largest absolute Gasteiger partial charge is 1.00 e. The van der Waals surface area contributed by atoms with E-state index in [1.54, 1.807) is 6.07 Å². The van der Waals surface area contributed by atoms with Crippen molar-refractivity contribution in [3.63, 3.8) is 0 Å². The van der Waals surface area contributed by atoms with E-state index >= 15 is 0 Å². The van der Waals surface area contributed by atoms with Crippen LogP contribution in [0.4, 0.5) is 0 Å². The normalized spacial score (nSPS) is 26.4. The van der Waals surface area contributed by atoms with Crippen molar-refractivity contribution in [1.82, 2.24) is 0 Å². The van der Waals surface area contributed by atoms with E-state index in [1.165, 1.54) is 18.9 Å². The van der Waals surface area contributed by atoms with Gasteiger partial charge in [-0.2, -0.15) is 0 Å².